The van der Waals surface area contributed by atoms with Crippen molar-refractivity contribution in [1.82, 2.24) is 10.3 Å². The van der Waals surface area contributed by atoms with E-state index in [-0.39, 0.29) is 12.0 Å². The average Bonchev–Trinajstić information content (AvgIpc) is 2.89. The van der Waals surface area contributed by atoms with Crippen molar-refractivity contribution in [3.05, 3.63) is 64.5 Å². The zero-order valence-electron chi connectivity index (χ0n) is 12.2. The number of likely N-dealkylation sites (N-methyl/N-ethyl adjacent to an activating group) is 1. The molecule has 1 aliphatic rings. The van der Waals surface area contributed by atoms with E-state index in [2.05, 4.69) is 16.4 Å². The molecule has 0 radical (unpaired) electrons. The van der Waals surface area contributed by atoms with Crippen LogP contribution in [0.2, 0.25) is 0 Å². The molecule has 3 rings (SSSR count). The number of nitrogens with zero attached hydrogens (tertiary/aromatic N) is 1. The maximum Gasteiger partial charge on any atom is 0.130 e. The first-order valence-corrected chi connectivity index (χ1v) is 7.18. The van der Waals surface area contributed by atoms with Crippen molar-refractivity contribution in [2.45, 2.75) is 31.7 Å². The van der Waals surface area contributed by atoms with Crippen LogP contribution < -0.4 is 5.32 Å². The predicted molar refractivity (Wildman–Crippen MR) is 78.2 cm³/mol. The van der Waals surface area contributed by atoms with Gasteiger partial charge in [-0.3, -0.25) is 4.98 Å². The summed E-state index contributed by atoms with van der Waals surface area (Å²) in [4.78, 5) is 4.47. The van der Waals surface area contributed by atoms with Gasteiger partial charge in [0, 0.05) is 35.5 Å². The zero-order chi connectivity index (χ0) is 15.0. The number of nitrogens with one attached hydrogen (secondary N) is 1. The highest BCUT2D eigenvalue weighted by molar-refractivity contribution is 5.35. The van der Waals surface area contributed by atoms with Crippen molar-refractivity contribution < 1.29 is 8.78 Å². The number of benzene rings is 1. The lowest BCUT2D eigenvalue weighted by atomic mass is 9.89. The summed E-state index contributed by atoms with van der Waals surface area (Å²) in [6.45, 7) is 1.66. The molecule has 0 aliphatic heterocycles. The predicted octanol–water partition coefficient (Wildman–Crippen LogP) is 3.66. The molecule has 2 nitrogen and oxygen atoms in total. The van der Waals surface area contributed by atoms with Gasteiger partial charge >= 0.3 is 0 Å². The molecule has 0 fully saturated rings. The summed E-state index contributed by atoms with van der Waals surface area (Å²) in [6.07, 6.45) is 3.65. The van der Waals surface area contributed by atoms with E-state index in [0.29, 0.717) is 11.1 Å². The van der Waals surface area contributed by atoms with Crippen molar-refractivity contribution in [3.63, 3.8) is 0 Å². The van der Waals surface area contributed by atoms with Crippen molar-refractivity contribution >= 4 is 0 Å². The van der Waals surface area contributed by atoms with E-state index in [4.69, 9.17) is 0 Å². The molecule has 0 saturated heterocycles. The minimum absolute atomic E-state index is 0.116. The standard InChI is InChI=1S/C17H18F2N2/c1-10-8-13(15(19)9-14(10)18)17(20-2)12-6-5-11-4-3-7-21-16(11)12/h3-4,7-9,12,17,20H,5-6H2,1-2H3. The summed E-state index contributed by atoms with van der Waals surface area (Å²) < 4.78 is 27.7. The summed E-state index contributed by atoms with van der Waals surface area (Å²) in [5.41, 5.74) is 3.23. The van der Waals surface area contributed by atoms with Crippen LogP contribution in [0, 0.1) is 18.6 Å². The Hall–Kier alpha value is -1.81. The van der Waals surface area contributed by atoms with Crippen molar-refractivity contribution in [2.75, 3.05) is 7.05 Å². The molecule has 1 heterocycles. The third-order valence-corrected chi connectivity index (χ3v) is 4.33. The van der Waals surface area contributed by atoms with Gasteiger partial charge in [-0.2, -0.15) is 0 Å². The van der Waals surface area contributed by atoms with E-state index in [1.165, 1.54) is 5.56 Å². The monoisotopic (exact) mass is 288 g/mol. The van der Waals surface area contributed by atoms with Gasteiger partial charge in [0.2, 0.25) is 0 Å². The fraction of sp³-hybridized carbons (Fsp3) is 0.353. The van der Waals surface area contributed by atoms with Crippen LogP contribution in [0.4, 0.5) is 8.78 Å². The summed E-state index contributed by atoms with van der Waals surface area (Å²) >= 11 is 0. The van der Waals surface area contributed by atoms with Crippen LogP contribution >= 0.6 is 0 Å². The molecule has 1 aliphatic carbocycles. The Balaban J connectivity index is 2.03. The first kappa shape index (κ1) is 14.1. The number of aryl methyl sites for hydroxylation is 2. The smallest absolute Gasteiger partial charge is 0.130 e. The van der Waals surface area contributed by atoms with Crippen LogP contribution in [0.25, 0.3) is 0 Å². The molecular weight excluding hydrogens is 270 g/mol. The molecule has 21 heavy (non-hydrogen) atoms. The molecule has 2 atom stereocenters. The van der Waals surface area contributed by atoms with E-state index in [9.17, 15) is 8.78 Å². The van der Waals surface area contributed by atoms with Gasteiger partial charge in [0.15, 0.2) is 0 Å². The van der Waals surface area contributed by atoms with Crippen molar-refractivity contribution in [2.24, 2.45) is 0 Å². The third kappa shape index (κ3) is 2.44. The summed E-state index contributed by atoms with van der Waals surface area (Å²) in [5.74, 6) is -0.886. The number of fused-ring (bicyclic) bond motifs is 1. The van der Waals surface area contributed by atoms with Gasteiger partial charge in [-0.25, -0.2) is 8.78 Å². The number of hydrogen-bond acceptors (Lipinski definition) is 2. The van der Waals surface area contributed by atoms with Gasteiger partial charge in [0.25, 0.3) is 0 Å². The first-order valence-electron chi connectivity index (χ1n) is 7.18. The van der Waals surface area contributed by atoms with Crippen LogP contribution in [0.3, 0.4) is 0 Å². The Kier molecular flexibility index (Phi) is 3.72. The van der Waals surface area contributed by atoms with E-state index < -0.39 is 11.6 Å². The van der Waals surface area contributed by atoms with E-state index >= 15 is 0 Å². The molecule has 1 aromatic carbocycles. The second-order valence-corrected chi connectivity index (χ2v) is 5.58. The van der Waals surface area contributed by atoms with Crippen LogP contribution in [0.5, 0.6) is 0 Å². The topological polar surface area (TPSA) is 24.9 Å². The lowest BCUT2D eigenvalue weighted by Gasteiger charge is -2.24. The van der Waals surface area contributed by atoms with Gasteiger partial charge in [-0.15, -0.1) is 0 Å². The van der Waals surface area contributed by atoms with E-state index in [1.807, 2.05) is 13.1 Å². The highest BCUT2D eigenvalue weighted by atomic mass is 19.1. The lowest BCUT2D eigenvalue weighted by molar-refractivity contribution is 0.445. The molecule has 0 spiro atoms. The Morgan fingerprint density at radius 3 is 2.86 bits per heavy atom. The minimum Gasteiger partial charge on any atom is -0.312 e. The lowest BCUT2D eigenvalue weighted by Crippen LogP contribution is -2.24. The van der Waals surface area contributed by atoms with Crippen LogP contribution in [-0.2, 0) is 6.42 Å². The van der Waals surface area contributed by atoms with E-state index in [0.717, 1.165) is 24.6 Å². The van der Waals surface area contributed by atoms with Gasteiger partial charge in [0.05, 0.1) is 0 Å². The zero-order valence-corrected chi connectivity index (χ0v) is 12.2. The molecule has 4 heteroatoms. The van der Waals surface area contributed by atoms with Gasteiger partial charge in [0.1, 0.15) is 11.6 Å². The summed E-state index contributed by atoms with van der Waals surface area (Å²) in [7, 11) is 1.81. The molecule has 2 unspecified atom stereocenters. The average molecular weight is 288 g/mol. The SMILES string of the molecule is CNC(c1cc(C)c(F)cc1F)C1CCc2cccnc21. The maximum absolute atomic E-state index is 14.2. The normalized spacial score (nSPS) is 18.6. The molecule has 110 valence electrons. The van der Waals surface area contributed by atoms with Crippen LogP contribution in [-0.4, -0.2) is 12.0 Å². The highest BCUT2D eigenvalue weighted by Crippen LogP contribution is 2.41. The number of rotatable bonds is 3. The summed E-state index contributed by atoms with van der Waals surface area (Å²) in [6, 6.07) is 6.38. The number of aromatic nitrogens is 1. The fourth-order valence-electron chi connectivity index (χ4n) is 3.26. The van der Waals surface area contributed by atoms with Gasteiger partial charge in [-0.05, 0) is 50.1 Å². The van der Waals surface area contributed by atoms with Crippen molar-refractivity contribution in [3.8, 4) is 0 Å². The Bertz CT molecular complexity index is 670. The third-order valence-electron chi connectivity index (χ3n) is 4.33. The molecule has 0 bridgehead atoms. The molecule has 0 saturated carbocycles. The first-order chi connectivity index (χ1) is 10.1. The maximum atomic E-state index is 14.2. The highest BCUT2D eigenvalue weighted by Gasteiger charge is 2.32. The molecule has 1 aromatic heterocycles. The summed E-state index contributed by atoms with van der Waals surface area (Å²) in [5, 5.41) is 3.19. The number of hydrogen-bond donors (Lipinski definition) is 1. The van der Waals surface area contributed by atoms with Crippen LogP contribution in [0.15, 0.2) is 30.5 Å². The Morgan fingerprint density at radius 1 is 1.29 bits per heavy atom. The van der Waals surface area contributed by atoms with Gasteiger partial charge in [-0.1, -0.05) is 6.07 Å². The second kappa shape index (κ2) is 5.53. The Labute approximate surface area is 123 Å². The molecular formula is C17H18F2N2. The molecule has 2 aromatic rings. The minimum atomic E-state index is -0.504. The van der Waals surface area contributed by atoms with Gasteiger partial charge < -0.3 is 5.32 Å². The van der Waals surface area contributed by atoms with Crippen LogP contribution in [0.1, 0.15) is 40.8 Å². The Morgan fingerprint density at radius 2 is 2.10 bits per heavy atom. The second-order valence-electron chi connectivity index (χ2n) is 5.58. The molecule has 0 amide bonds. The number of pyridine rings is 1. The van der Waals surface area contributed by atoms with Crippen molar-refractivity contribution in [1.29, 1.82) is 0 Å². The fourth-order valence-corrected chi connectivity index (χ4v) is 3.26. The largest absolute Gasteiger partial charge is 0.312 e. The van der Waals surface area contributed by atoms with E-state index in [1.54, 1.807) is 19.2 Å². The quantitative estimate of drug-likeness (QED) is 0.932. The molecule has 1 N–H and O–H groups in total. The number of halogens is 2.